The molecule has 2 rings (SSSR count). The van der Waals surface area contributed by atoms with Crippen LogP contribution in [0.5, 0.6) is 5.75 Å². The van der Waals surface area contributed by atoms with E-state index in [1.807, 2.05) is 56.3 Å². The first-order chi connectivity index (χ1) is 9.99. The van der Waals surface area contributed by atoms with Crippen LogP contribution in [0.4, 0.5) is 0 Å². The largest absolute Gasteiger partial charge is 0.489 e. The highest BCUT2D eigenvalue weighted by Crippen LogP contribution is 2.26. The lowest BCUT2D eigenvalue weighted by atomic mass is 9.96. The van der Waals surface area contributed by atoms with E-state index in [4.69, 9.17) is 15.6 Å². The number of hydrogen-bond acceptors (Lipinski definition) is 3. The molecule has 0 aliphatic heterocycles. The maximum Gasteiger partial charge on any atom is 0.325 e. The predicted octanol–water partition coefficient (Wildman–Crippen LogP) is 2.97. The molecule has 1 unspecified atom stereocenters. The Hall–Kier alpha value is -2.33. The van der Waals surface area contributed by atoms with Crippen molar-refractivity contribution in [1.29, 1.82) is 0 Å². The molecule has 110 valence electrons. The van der Waals surface area contributed by atoms with Crippen LogP contribution >= 0.6 is 0 Å². The van der Waals surface area contributed by atoms with Crippen LogP contribution < -0.4 is 10.5 Å². The number of nitrogens with two attached hydrogens (primary N) is 1. The molecule has 0 aliphatic carbocycles. The standard InChI is InChI=1S/C17H19NO3/c1-11-8-14(21-10-13-6-4-3-5-7-13)9-12(2)15(11)16(18)17(19)20/h3-9,16H,10,18H2,1-2H3,(H,19,20). The van der Waals surface area contributed by atoms with Crippen LogP contribution in [0.1, 0.15) is 28.3 Å². The van der Waals surface area contributed by atoms with Gasteiger partial charge in [-0.25, -0.2) is 0 Å². The number of benzene rings is 2. The Bertz CT molecular complexity index is 615. The Kier molecular flexibility index (Phi) is 4.60. The van der Waals surface area contributed by atoms with Crippen molar-refractivity contribution in [3.8, 4) is 5.75 Å². The van der Waals surface area contributed by atoms with Crippen molar-refractivity contribution in [2.75, 3.05) is 0 Å². The van der Waals surface area contributed by atoms with Gasteiger partial charge in [-0.05, 0) is 48.2 Å². The summed E-state index contributed by atoms with van der Waals surface area (Å²) in [6.07, 6.45) is 0. The maximum atomic E-state index is 11.0. The van der Waals surface area contributed by atoms with Gasteiger partial charge < -0.3 is 15.6 Å². The average molecular weight is 285 g/mol. The van der Waals surface area contributed by atoms with Crippen LogP contribution in [0, 0.1) is 13.8 Å². The fourth-order valence-electron chi connectivity index (χ4n) is 2.37. The molecule has 0 fully saturated rings. The van der Waals surface area contributed by atoms with E-state index < -0.39 is 12.0 Å². The average Bonchev–Trinajstić information content (AvgIpc) is 2.45. The molecule has 0 aliphatic rings. The molecule has 21 heavy (non-hydrogen) atoms. The van der Waals surface area contributed by atoms with Crippen LogP contribution in [-0.4, -0.2) is 11.1 Å². The number of carbonyl (C=O) groups is 1. The molecule has 4 nitrogen and oxygen atoms in total. The van der Waals surface area contributed by atoms with Crippen LogP contribution in [0.15, 0.2) is 42.5 Å². The summed E-state index contributed by atoms with van der Waals surface area (Å²) in [5.41, 5.74) is 9.10. The maximum absolute atomic E-state index is 11.0. The minimum absolute atomic E-state index is 0.476. The van der Waals surface area contributed by atoms with Gasteiger partial charge in [0.25, 0.3) is 0 Å². The van der Waals surface area contributed by atoms with Crippen LogP contribution in [0.3, 0.4) is 0 Å². The lowest BCUT2D eigenvalue weighted by Crippen LogP contribution is -2.22. The third-order valence-corrected chi connectivity index (χ3v) is 3.39. The van der Waals surface area contributed by atoms with E-state index in [-0.39, 0.29) is 0 Å². The zero-order valence-electron chi connectivity index (χ0n) is 12.2. The third kappa shape index (κ3) is 3.61. The number of aliphatic carboxylic acids is 1. The highest BCUT2D eigenvalue weighted by molar-refractivity contribution is 5.76. The monoisotopic (exact) mass is 285 g/mol. The van der Waals surface area contributed by atoms with E-state index >= 15 is 0 Å². The molecule has 0 saturated carbocycles. The second kappa shape index (κ2) is 6.41. The number of aryl methyl sites for hydroxylation is 2. The highest BCUT2D eigenvalue weighted by Gasteiger charge is 2.19. The zero-order chi connectivity index (χ0) is 15.4. The van der Waals surface area contributed by atoms with Gasteiger partial charge in [-0.3, -0.25) is 4.79 Å². The highest BCUT2D eigenvalue weighted by atomic mass is 16.5. The predicted molar refractivity (Wildman–Crippen MR) is 81.3 cm³/mol. The zero-order valence-corrected chi connectivity index (χ0v) is 12.2. The normalized spacial score (nSPS) is 12.0. The minimum atomic E-state index is -1.03. The smallest absolute Gasteiger partial charge is 0.325 e. The quantitative estimate of drug-likeness (QED) is 0.886. The molecule has 0 bridgehead atoms. The fourth-order valence-corrected chi connectivity index (χ4v) is 2.37. The molecule has 0 amide bonds. The topological polar surface area (TPSA) is 72.5 Å². The first-order valence-corrected chi connectivity index (χ1v) is 6.75. The van der Waals surface area contributed by atoms with Gasteiger partial charge in [0, 0.05) is 0 Å². The van der Waals surface area contributed by atoms with Crippen LogP contribution in [-0.2, 0) is 11.4 Å². The second-order valence-electron chi connectivity index (χ2n) is 5.06. The van der Waals surface area contributed by atoms with E-state index in [9.17, 15) is 4.79 Å². The van der Waals surface area contributed by atoms with Crippen LogP contribution in [0.25, 0.3) is 0 Å². The Morgan fingerprint density at radius 2 is 1.76 bits per heavy atom. The van der Waals surface area contributed by atoms with Gasteiger partial charge >= 0.3 is 5.97 Å². The van der Waals surface area contributed by atoms with Gasteiger partial charge in [-0.1, -0.05) is 30.3 Å². The van der Waals surface area contributed by atoms with E-state index in [0.29, 0.717) is 12.2 Å². The molecule has 0 spiro atoms. The molecule has 0 radical (unpaired) electrons. The molecular formula is C17H19NO3. The van der Waals surface area contributed by atoms with E-state index in [1.54, 1.807) is 0 Å². The SMILES string of the molecule is Cc1cc(OCc2ccccc2)cc(C)c1C(N)C(=O)O. The van der Waals surface area contributed by atoms with E-state index in [1.165, 1.54) is 0 Å². The summed E-state index contributed by atoms with van der Waals surface area (Å²) in [7, 11) is 0. The van der Waals surface area contributed by atoms with Crippen molar-refractivity contribution in [3.63, 3.8) is 0 Å². The van der Waals surface area contributed by atoms with Crippen molar-refractivity contribution in [1.82, 2.24) is 0 Å². The Morgan fingerprint density at radius 1 is 1.19 bits per heavy atom. The Balaban J connectivity index is 2.18. The fraction of sp³-hybridized carbons (Fsp3) is 0.235. The number of ether oxygens (including phenoxy) is 1. The molecule has 0 aromatic heterocycles. The number of rotatable bonds is 5. The summed E-state index contributed by atoms with van der Waals surface area (Å²) in [4.78, 5) is 11.0. The Labute approximate surface area is 124 Å². The van der Waals surface area contributed by atoms with Crippen molar-refractivity contribution in [2.24, 2.45) is 5.73 Å². The van der Waals surface area contributed by atoms with E-state index in [2.05, 4.69) is 0 Å². The minimum Gasteiger partial charge on any atom is -0.489 e. The Morgan fingerprint density at radius 3 is 2.29 bits per heavy atom. The molecule has 0 saturated heterocycles. The molecule has 0 heterocycles. The molecule has 2 aromatic rings. The molecule has 1 atom stereocenters. The number of carboxylic acid groups (broad SMARTS) is 1. The van der Waals surface area contributed by atoms with Crippen molar-refractivity contribution in [3.05, 3.63) is 64.7 Å². The second-order valence-corrected chi connectivity index (χ2v) is 5.06. The first-order valence-electron chi connectivity index (χ1n) is 6.75. The van der Waals surface area contributed by atoms with Crippen molar-refractivity contribution >= 4 is 5.97 Å². The first kappa shape index (κ1) is 15.1. The number of hydrogen-bond donors (Lipinski definition) is 2. The molecule has 3 N–H and O–H groups in total. The molecular weight excluding hydrogens is 266 g/mol. The van der Waals surface area contributed by atoms with Gasteiger partial charge in [0.05, 0.1) is 0 Å². The summed E-state index contributed by atoms with van der Waals surface area (Å²) in [5, 5.41) is 9.05. The van der Waals surface area contributed by atoms with Crippen molar-refractivity contribution < 1.29 is 14.6 Å². The molecule has 4 heteroatoms. The van der Waals surface area contributed by atoms with Crippen molar-refractivity contribution in [2.45, 2.75) is 26.5 Å². The lowest BCUT2D eigenvalue weighted by molar-refractivity contribution is -0.138. The summed E-state index contributed by atoms with van der Waals surface area (Å²) in [5.74, 6) is -0.311. The molecule has 2 aromatic carbocycles. The summed E-state index contributed by atoms with van der Waals surface area (Å²) < 4.78 is 5.76. The van der Waals surface area contributed by atoms with Crippen LogP contribution in [0.2, 0.25) is 0 Å². The summed E-state index contributed by atoms with van der Waals surface area (Å²) in [6.45, 7) is 4.17. The number of carboxylic acids is 1. The van der Waals surface area contributed by atoms with E-state index in [0.717, 1.165) is 22.4 Å². The lowest BCUT2D eigenvalue weighted by Gasteiger charge is -2.16. The third-order valence-electron chi connectivity index (χ3n) is 3.39. The summed E-state index contributed by atoms with van der Waals surface area (Å²) >= 11 is 0. The van der Waals surface area contributed by atoms with Gasteiger partial charge in [-0.2, -0.15) is 0 Å². The van der Waals surface area contributed by atoms with Gasteiger partial charge in [-0.15, -0.1) is 0 Å². The van der Waals surface area contributed by atoms with Gasteiger partial charge in [0.1, 0.15) is 18.4 Å². The summed E-state index contributed by atoms with van der Waals surface area (Å²) in [6, 6.07) is 12.5. The van der Waals surface area contributed by atoms with Gasteiger partial charge in [0.15, 0.2) is 0 Å². The van der Waals surface area contributed by atoms with Gasteiger partial charge in [0.2, 0.25) is 0 Å².